The van der Waals surface area contributed by atoms with Crippen molar-refractivity contribution in [2.75, 3.05) is 41.9 Å². The summed E-state index contributed by atoms with van der Waals surface area (Å²) in [6.45, 7) is -0.529. The van der Waals surface area contributed by atoms with Gasteiger partial charge >= 0.3 is 12.0 Å². The van der Waals surface area contributed by atoms with Crippen molar-refractivity contribution in [2.45, 2.75) is 32.1 Å². The van der Waals surface area contributed by atoms with Crippen molar-refractivity contribution >= 4 is 40.9 Å². The number of ether oxygens (including phenoxy) is 1. The highest BCUT2D eigenvalue weighted by Gasteiger charge is 2.26. The van der Waals surface area contributed by atoms with Crippen LogP contribution in [-0.2, 0) is 20.8 Å². The van der Waals surface area contributed by atoms with Crippen molar-refractivity contribution in [3.8, 4) is 5.75 Å². The lowest BCUT2D eigenvalue weighted by Gasteiger charge is -2.28. The molecule has 0 aromatic heterocycles. The number of urea groups is 1. The van der Waals surface area contributed by atoms with Crippen LogP contribution in [0.1, 0.15) is 31.2 Å². The predicted octanol–water partition coefficient (Wildman–Crippen LogP) is 4.98. The number of carbonyl (C=O) groups excluding carboxylic acids is 3. The van der Waals surface area contributed by atoms with Gasteiger partial charge in [0.05, 0.1) is 18.7 Å². The van der Waals surface area contributed by atoms with Crippen molar-refractivity contribution in [2.24, 2.45) is 5.92 Å². The number of hydrogen-bond donors (Lipinski definition) is 3. The number of hydrogen-bond acceptors (Lipinski definition) is 5. The summed E-state index contributed by atoms with van der Waals surface area (Å²) in [7, 11) is 1.24. The molecule has 3 aromatic carbocycles. The fraction of sp³-hybridized carbons (Fsp3) is 0.312. The quantitative estimate of drug-likeness (QED) is 0.266. The lowest BCUT2D eigenvalue weighted by molar-refractivity contribution is -0.136. The number of amides is 4. The molecule has 0 spiro atoms. The Labute approximate surface area is 253 Å². The van der Waals surface area contributed by atoms with Gasteiger partial charge in [-0.1, -0.05) is 43.2 Å². The fourth-order valence-corrected chi connectivity index (χ4v) is 5.12. The molecule has 0 saturated heterocycles. The number of nitrogens with zero attached hydrogens (tertiary/aromatic N) is 2. The number of carboxylic acids is 1. The average Bonchev–Trinajstić information content (AvgIpc) is 3.51. The molecule has 3 aromatic rings. The molecule has 0 heterocycles. The summed E-state index contributed by atoms with van der Waals surface area (Å²) >= 11 is 0. The summed E-state index contributed by atoms with van der Waals surface area (Å²) in [6, 6.07) is 15.7. The lowest BCUT2D eigenvalue weighted by atomic mass is 10.1. The van der Waals surface area contributed by atoms with Gasteiger partial charge in [0.2, 0.25) is 5.91 Å². The largest absolute Gasteiger partial charge is 0.482 e. The molecule has 0 atom stereocenters. The second-order valence-electron chi connectivity index (χ2n) is 10.5. The highest BCUT2D eigenvalue weighted by molar-refractivity contribution is 6.00. The van der Waals surface area contributed by atoms with Gasteiger partial charge in [0, 0.05) is 19.3 Å². The molecule has 0 unspecified atom stereocenters. The summed E-state index contributed by atoms with van der Waals surface area (Å²) in [5.74, 6) is -3.45. The van der Waals surface area contributed by atoms with Gasteiger partial charge < -0.3 is 30.3 Å². The van der Waals surface area contributed by atoms with E-state index in [0.29, 0.717) is 23.5 Å². The second kappa shape index (κ2) is 14.9. The van der Waals surface area contributed by atoms with E-state index in [1.165, 1.54) is 24.1 Å². The van der Waals surface area contributed by atoms with Crippen molar-refractivity contribution in [1.29, 1.82) is 0 Å². The zero-order chi connectivity index (χ0) is 31.6. The first-order valence-corrected chi connectivity index (χ1v) is 14.2. The third kappa shape index (κ3) is 8.52. The van der Waals surface area contributed by atoms with E-state index in [0.717, 1.165) is 42.7 Å². The van der Waals surface area contributed by atoms with Crippen LogP contribution in [0.3, 0.4) is 0 Å². The molecule has 44 heavy (non-hydrogen) atoms. The van der Waals surface area contributed by atoms with E-state index in [2.05, 4.69) is 10.6 Å². The van der Waals surface area contributed by atoms with E-state index in [4.69, 9.17) is 9.84 Å². The summed E-state index contributed by atoms with van der Waals surface area (Å²) in [4.78, 5) is 52.3. The predicted molar refractivity (Wildman–Crippen MR) is 161 cm³/mol. The molecule has 0 aliphatic heterocycles. The van der Waals surface area contributed by atoms with E-state index in [-0.39, 0.29) is 24.6 Å². The molecule has 232 valence electrons. The van der Waals surface area contributed by atoms with E-state index in [1.807, 2.05) is 0 Å². The molecule has 1 aliphatic rings. The van der Waals surface area contributed by atoms with Crippen LogP contribution in [-0.4, -0.2) is 55.7 Å². The van der Waals surface area contributed by atoms with Gasteiger partial charge in [-0.3, -0.25) is 14.4 Å². The number of para-hydroxylation sites is 3. The Morgan fingerprint density at radius 1 is 0.932 bits per heavy atom. The minimum Gasteiger partial charge on any atom is -0.482 e. The minimum absolute atomic E-state index is 0.199. The summed E-state index contributed by atoms with van der Waals surface area (Å²) < 4.78 is 34.2. The zero-order valence-corrected chi connectivity index (χ0v) is 24.2. The fourth-order valence-electron chi connectivity index (χ4n) is 5.12. The van der Waals surface area contributed by atoms with E-state index >= 15 is 0 Å². The Balaban J connectivity index is 1.45. The Morgan fingerprint density at radius 3 is 2.32 bits per heavy atom. The normalized spacial score (nSPS) is 12.8. The maximum absolute atomic E-state index is 14.2. The lowest BCUT2D eigenvalue weighted by Crippen LogP contribution is -2.43. The maximum atomic E-state index is 14.2. The smallest absolute Gasteiger partial charge is 0.319 e. The van der Waals surface area contributed by atoms with Crippen LogP contribution in [0.4, 0.5) is 30.6 Å². The Hall–Kier alpha value is -5.00. The number of rotatable bonds is 12. The van der Waals surface area contributed by atoms with Crippen molar-refractivity contribution in [3.63, 3.8) is 0 Å². The zero-order valence-electron chi connectivity index (χ0n) is 24.2. The summed E-state index contributed by atoms with van der Waals surface area (Å²) in [5.41, 5.74) is 0.778. The van der Waals surface area contributed by atoms with Crippen molar-refractivity contribution in [3.05, 3.63) is 83.9 Å². The van der Waals surface area contributed by atoms with Crippen LogP contribution < -0.4 is 25.2 Å². The molecule has 4 rings (SSSR count). The van der Waals surface area contributed by atoms with E-state index < -0.39 is 47.7 Å². The minimum atomic E-state index is -1.00. The van der Waals surface area contributed by atoms with Crippen molar-refractivity contribution in [1.82, 2.24) is 5.32 Å². The molecule has 1 aliphatic carbocycles. The van der Waals surface area contributed by atoms with Gasteiger partial charge in [-0.05, 0) is 60.7 Å². The molecule has 10 nitrogen and oxygen atoms in total. The summed E-state index contributed by atoms with van der Waals surface area (Å²) in [6.07, 6.45) is 3.75. The van der Waals surface area contributed by atoms with Gasteiger partial charge in [-0.25, -0.2) is 13.6 Å². The highest BCUT2D eigenvalue weighted by Crippen LogP contribution is 2.33. The molecule has 3 N–H and O–H groups in total. The number of carbonyl (C=O) groups is 4. The van der Waals surface area contributed by atoms with Crippen LogP contribution >= 0.6 is 0 Å². The van der Waals surface area contributed by atoms with Gasteiger partial charge in [-0.2, -0.15) is 0 Å². The molecule has 0 radical (unpaired) electrons. The Morgan fingerprint density at radius 2 is 1.61 bits per heavy atom. The van der Waals surface area contributed by atoms with E-state index in [9.17, 15) is 28.0 Å². The van der Waals surface area contributed by atoms with Crippen LogP contribution in [0.2, 0.25) is 0 Å². The van der Waals surface area contributed by atoms with Crippen LogP contribution in [0.15, 0.2) is 66.7 Å². The molecular weight excluding hydrogens is 574 g/mol. The van der Waals surface area contributed by atoms with Gasteiger partial charge in [0.25, 0.3) is 5.91 Å². The highest BCUT2D eigenvalue weighted by atomic mass is 19.1. The molecule has 1 saturated carbocycles. The number of carboxylic acid groups (broad SMARTS) is 1. The topological polar surface area (TPSA) is 128 Å². The third-order valence-corrected chi connectivity index (χ3v) is 7.31. The SMILES string of the molecule is CN(C(=O)COc1ccccc1N(CC1CCCC1)C(=O)CNC(=O)Nc1cccc(CC(=O)O)c1)c1c(F)cccc1F. The molecule has 1 fully saturated rings. The monoisotopic (exact) mass is 608 g/mol. The molecule has 4 amide bonds. The third-order valence-electron chi connectivity index (χ3n) is 7.31. The first kappa shape index (κ1) is 31.9. The standard InChI is InChI=1S/C32H34F2N4O6/c1-37(31-24(33)12-7-13-25(31)34)29(40)20-44-27-15-5-4-14-26(27)38(19-21-8-2-3-9-21)28(39)18-35-32(43)36-23-11-6-10-22(16-23)17-30(41)42/h4-7,10-16,21H,2-3,8-9,17-20H2,1H3,(H,41,42)(H2,35,36,43). The number of aliphatic carboxylic acids is 1. The Bertz CT molecular complexity index is 1490. The Kier molecular flexibility index (Phi) is 10.8. The molecular formula is C32H34F2N4O6. The van der Waals surface area contributed by atoms with Gasteiger partial charge in [-0.15, -0.1) is 0 Å². The maximum Gasteiger partial charge on any atom is 0.319 e. The first-order valence-electron chi connectivity index (χ1n) is 14.2. The number of likely N-dealkylation sites (N-methyl/N-ethyl adjacent to an activating group) is 1. The number of nitrogens with one attached hydrogen (secondary N) is 2. The van der Waals surface area contributed by atoms with Crippen LogP contribution in [0, 0.1) is 17.6 Å². The van der Waals surface area contributed by atoms with Crippen LogP contribution in [0.25, 0.3) is 0 Å². The van der Waals surface area contributed by atoms with Gasteiger partial charge in [0.1, 0.15) is 23.1 Å². The van der Waals surface area contributed by atoms with Crippen LogP contribution in [0.5, 0.6) is 5.75 Å². The number of anilines is 3. The number of halogens is 2. The second-order valence-corrected chi connectivity index (χ2v) is 10.5. The van der Waals surface area contributed by atoms with Crippen molar-refractivity contribution < 1.29 is 37.8 Å². The van der Waals surface area contributed by atoms with E-state index in [1.54, 1.807) is 42.5 Å². The first-order chi connectivity index (χ1) is 21.1. The summed E-state index contributed by atoms with van der Waals surface area (Å²) in [5, 5.41) is 14.2. The molecule has 0 bridgehead atoms. The average molecular weight is 609 g/mol. The van der Waals surface area contributed by atoms with Gasteiger partial charge in [0.15, 0.2) is 6.61 Å². The molecule has 12 heteroatoms. The number of benzene rings is 3.